The van der Waals surface area contributed by atoms with Gasteiger partial charge in [-0.3, -0.25) is 9.59 Å². The molecule has 184 valence electrons. The zero-order valence-electron chi connectivity index (χ0n) is 18.2. The summed E-state index contributed by atoms with van der Waals surface area (Å²) in [5, 5.41) is 13.0. The predicted molar refractivity (Wildman–Crippen MR) is 115 cm³/mol. The van der Waals surface area contributed by atoms with Gasteiger partial charge in [0, 0.05) is 23.5 Å². The number of nitrogens with zero attached hydrogens (tertiary/aromatic N) is 1. The molecule has 0 aliphatic carbocycles. The molecule has 3 aromatic rings. The number of carbonyl (C=O) groups is 2. The van der Waals surface area contributed by atoms with Gasteiger partial charge in [0.05, 0.1) is 17.8 Å². The number of hydrogen-bond donors (Lipinski definition) is 4. The molecule has 1 aliphatic rings. The Labute approximate surface area is 196 Å². The lowest BCUT2D eigenvalue weighted by atomic mass is 9.81. The number of amides is 2. The molecule has 0 spiro atoms. The van der Waals surface area contributed by atoms with Crippen LogP contribution in [0.25, 0.3) is 11.3 Å². The molecule has 0 saturated heterocycles. The van der Waals surface area contributed by atoms with E-state index in [1.54, 1.807) is 0 Å². The van der Waals surface area contributed by atoms with E-state index >= 15 is 0 Å². The lowest BCUT2D eigenvalue weighted by Gasteiger charge is -2.31. The second-order valence-electron chi connectivity index (χ2n) is 8.37. The number of aliphatic hydroxyl groups is 1. The molecule has 4 rings (SSSR count). The number of pyridine rings is 1. The number of benzene rings is 1. The van der Waals surface area contributed by atoms with Crippen LogP contribution in [-0.2, 0) is 15.8 Å². The van der Waals surface area contributed by atoms with Crippen LogP contribution in [0.5, 0.6) is 5.75 Å². The smallest absolute Gasteiger partial charge is 0.424 e. The number of H-pyrrole nitrogens is 1. The van der Waals surface area contributed by atoms with Crippen LogP contribution in [0, 0.1) is 5.82 Å². The molecule has 5 N–H and O–H groups in total. The molecule has 2 amide bonds. The lowest BCUT2D eigenvalue weighted by molar-refractivity contribution is -0.265. The van der Waals surface area contributed by atoms with Crippen molar-refractivity contribution in [2.75, 3.05) is 13.2 Å². The van der Waals surface area contributed by atoms with Gasteiger partial charge in [0.25, 0.3) is 5.91 Å². The Kier molecular flexibility index (Phi) is 5.79. The molecule has 2 atom stereocenters. The van der Waals surface area contributed by atoms with E-state index in [2.05, 4.69) is 15.3 Å². The third kappa shape index (κ3) is 4.09. The van der Waals surface area contributed by atoms with Gasteiger partial charge < -0.3 is 25.9 Å². The quantitative estimate of drug-likeness (QED) is 0.393. The highest BCUT2D eigenvalue weighted by molar-refractivity contribution is 5.94. The highest BCUT2D eigenvalue weighted by Crippen LogP contribution is 2.47. The van der Waals surface area contributed by atoms with E-state index in [0.717, 1.165) is 18.2 Å². The third-order valence-corrected chi connectivity index (χ3v) is 5.99. The molecule has 0 bridgehead atoms. The molecule has 1 aliphatic heterocycles. The van der Waals surface area contributed by atoms with Crippen molar-refractivity contribution in [3.05, 3.63) is 71.4 Å². The van der Waals surface area contributed by atoms with Crippen molar-refractivity contribution in [2.24, 2.45) is 5.73 Å². The van der Waals surface area contributed by atoms with Crippen molar-refractivity contribution in [2.45, 2.75) is 24.1 Å². The number of nitrogens with two attached hydrogens (primary N) is 1. The number of rotatable bonds is 6. The Balaban J connectivity index is 1.87. The van der Waals surface area contributed by atoms with Crippen LogP contribution in [0.2, 0.25) is 0 Å². The van der Waals surface area contributed by atoms with E-state index in [9.17, 15) is 32.3 Å². The summed E-state index contributed by atoms with van der Waals surface area (Å²) in [7, 11) is 0. The maximum absolute atomic E-state index is 14.3. The van der Waals surface area contributed by atoms with Crippen LogP contribution in [-0.4, -0.2) is 46.2 Å². The van der Waals surface area contributed by atoms with Gasteiger partial charge >= 0.3 is 6.18 Å². The summed E-state index contributed by atoms with van der Waals surface area (Å²) in [5.41, 5.74) is -0.485. The van der Waals surface area contributed by atoms with Gasteiger partial charge in [0.2, 0.25) is 11.5 Å². The Hall–Kier alpha value is -3.93. The Morgan fingerprint density at radius 2 is 1.94 bits per heavy atom. The molecule has 1 aromatic carbocycles. The monoisotopic (exact) mass is 492 g/mol. The first-order valence-corrected chi connectivity index (χ1v) is 10.3. The van der Waals surface area contributed by atoms with Crippen LogP contribution in [0.15, 0.2) is 48.8 Å². The van der Waals surface area contributed by atoms with E-state index in [1.165, 1.54) is 37.5 Å². The number of fused-ring (bicyclic) bond motifs is 1. The zero-order chi connectivity index (χ0) is 25.6. The fraction of sp³-hybridized carbons (Fsp3) is 0.261. The average molecular weight is 492 g/mol. The summed E-state index contributed by atoms with van der Waals surface area (Å²) < 4.78 is 61.8. The number of carbonyl (C=O) groups excluding carboxylic acids is 2. The van der Waals surface area contributed by atoms with Gasteiger partial charge in [0.1, 0.15) is 29.3 Å². The molecule has 0 fully saturated rings. The minimum absolute atomic E-state index is 0.0115. The largest absolute Gasteiger partial charge is 0.489 e. The zero-order valence-corrected chi connectivity index (χ0v) is 18.2. The van der Waals surface area contributed by atoms with Crippen molar-refractivity contribution in [3.8, 4) is 17.0 Å². The molecule has 12 heteroatoms. The Morgan fingerprint density at radius 3 is 2.51 bits per heavy atom. The van der Waals surface area contributed by atoms with Gasteiger partial charge in [-0.05, 0) is 43.3 Å². The fourth-order valence-corrected chi connectivity index (χ4v) is 3.71. The van der Waals surface area contributed by atoms with E-state index in [0.29, 0.717) is 0 Å². The van der Waals surface area contributed by atoms with Crippen LogP contribution in [0.4, 0.5) is 17.6 Å². The van der Waals surface area contributed by atoms with E-state index in [1.807, 2.05) is 0 Å². The number of aromatic amines is 1. The van der Waals surface area contributed by atoms with Crippen molar-refractivity contribution in [1.82, 2.24) is 15.3 Å². The Morgan fingerprint density at radius 1 is 1.26 bits per heavy atom. The molecular weight excluding hydrogens is 472 g/mol. The van der Waals surface area contributed by atoms with E-state index < -0.39 is 47.1 Å². The summed E-state index contributed by atoms with van der Waals surface area (Å²) in [4.78, 5) is 31.1. The van der Waals surface area contributed by atoms with Crippen LogP contribution < -0.4 is 15.8 Å². The average Bonchev–Trinajstić information content (AvgIpc) is 3.46. The second kappa shape index (κ2) is 8.38. The van der Waals surface area contributed by atoms with Crippen molar-refractivity contribution in [3.63, 3.8) is 0 Å². The first kappa shape index (κ1) is 24.2. The Bertz CT molecular complexity index is 1280. The lowest BCUT2D eigenvalue weighted by Crippen LogP contribution is -2.51. The van der Waals surface area contributed by atoms with E-state index in [-0.39, 0.29) is 34.7 Å². The summed E-state index contributed by atoms with van der Waals surface area (Å²) in [6.07, 6.45) is -2.60. The molecule has 0 radical (unpaired) electrons. The van der Waals surface area contributed by atoms with Gasteiger partial charge in [0.15, 0.2) is 0 Å². The molecule has 3 heterocycles. The van der Waals surface area contributed by atoms with Crippen molar-refractivity contribution in [1.29, 1.82) is 0 Å². The minimum atomic E-state index is -5.29. The third-order valence-electron chi connectivity index (χ3n) is 5.99. The van der Waals surface area contributed by atoms with Gasteiger partial charge in [-0.15, -0.1) is 0 Å². The van der Waals surface area contributed by atoms with E-state index in [4.69, 9.17) is 10.5 Å². The predicted octanol–water partition coefficient (Wildman–Crippen LogP) is 2.53. The summed E-state index contributed by atoms with van der Waals surface area (Å²) in [6, 6.07) is 6.93. The molecule has 35 heavy (non-hydrogen) atoms. The molecule has 0 saturated carbocycles. The molecule has 8 nitrogen and oxygen atoms in total. The first-order valence-electron chi connectivity index (χ1n) is 10.3. The number of primary amides is 1. The summed E-state index contributed by atoms with van der Waals surface area (Å²) >= 11 is 0. The minimum Gasteiger partial charge on any atom is -0.489 e. The first-order chi connectivity index (χ1) is 16.4. The summed E-state index contributed by atoms with van der Waals surface area (Å²) in [6.45, 7) is -0.158. The summed E-state index contributed by atoms with van der Waals surface area (Å²) in [5.74, 6) is -2.33. The fourth-order valence-electron chi connectivity index (χ4n) is 3.71. The van der Waals surface area contributed by atoms with Crippen LogP contribution in [0.3, 0.4) is 0 Å². The number of alkyl halides is 3. The number of nitrogens with one attached hydrogen (secondary N) is 2. The van der Waals surface area contributed by atoms with Crippen molar-refractivity contribution >= 4 is 11.8 Å². The number of halogens is 4. The van der Waals surface area contributed by atoms with Crippen LogP contribution >= 0.6 is 0 Å². The molecular formula is C23H20F4N4O4. The second-order valence-corrected chi connectivity index (χ2v) is 8.37. The SMILES string of the molecule is C[C@]1(C(N)=O)COc2c1cc(C(O)(CNC(=O)c1cc[nH]c1)C(F)(F)F)nc2-c1ccc(F)cc1. The number of aromatic nitrogens is 2. The standard InChI is InChI=1S/C23H20F4N4O4/c1-21(20(28)33)11-35-18-15(21)8-16(31-17(18)12-2-4-14(24)5-3-12)22(34,23(25,26)27)10-30-19(32)13-6-7-29-9-13/h2-9,29,34H,10-11H2,1H3,(H2,28,33)(H,30,32)/t21-,22?/m0/s1. The highest BCUT2D eigenvalue weighted by atomic mass is 19.4. The normalized spacial score (nSPS) is 18.9. The maximum atomic E-state index is 14.3. The van der Waals surface area contributed by atoms with Crippen LogP contribution in [0.1, 0.15) is 28.5 Å². The maximum Gasteiger partial charge on any atom is 0.424 e. The molecule has 1 unspecified atom stereocenters. The number of hydrogen-bond acceptors (Lipinski definition) is 5. The molecule has 2 aromatic heterocycles. The van der Waals surface area contributed by atoms with Gasteiger partial charge in [-0.25, -0.2) is 9.37 Å². The van der Waals surface area contributed by atoms with Crippen molar-refractivity contribution < 1.29 is 37.0 Å². The topological polar surface area (TPSA) is 130 Å². The highest BCUT2D eigenvalue weighted by Gasteiger charge is 2.57. The number of ether oxygens (including phenoxy) is 1. The van der Waals surface area contributed by atoms with Gasteiger partial charge in [-0.2, -0.15) is 13.2 Å². The van der Waals surface area contributed by atoms with Gasteiger partial charge in [-0.1, -0.05) is 0 Å².